The highest BCUT2D eigenvalue weighted by Gasteiger charge is 2.32. The third-order valence-electron chi connectivity index (χ3n) is 4.71. The van der Waals surface area contributed by atoms with Crippen LogP contribution in [-0.2, 0) is 23.1 Å². The number of nitrogens with zero attached hydrogens (tertiary/aromatic N) is 1. The fraction of sp³-hybridized carbons (Fsp3) is 0.625. The molecule has 116 valence electrons. The second kappa shape index (κ2) is 6.07. The SMILES string of the molecule is CCC1CCCCCN1S(=O)(=O)c1ccc2c(c1)CNC2. The molecule has 2 aliphatic rings. The summed E-state index contributed by atoms with van der Waals surface area (Å²) in [6.45, 7) is 4.37. The molecule has 0 aliphatic carbocycles. The van der Waals surface area contributed by atoms with E-state index in [2.05, 4.69) is 12.2 Å². The zero-order chi connectivity index (χ0) is 14.9. The summed E-state index contributed by atoms with van der Waals surface area (Å²) in [5.41, 5.74) is 2.34. The molecule has 1 fully saturated rings. The fourth-order valence-electron chi connectivity index (χ4n) is 3.44. The van der Waals surface area contributed by atoms with Gasteiger partial charge in [-0.2, -0.15) is 4.31 Å². The third kappa shape index (κ3) is 2.87. The van der Waals surface area contributed by atoms with Crippen molar-refractivity contribution in [2.24, 2.45) is 0 Å². The number of sulfonamides is 1. The van der Waals surface area contributed by atoms with Crippen molar-refractivity contribution in [3.8, 4) is 0 Å². The van der Waals surface area contributed by atoms with Crippen molar-refractivity contribution in [3.63, 3.8) is 0 Å². The standard InChI is InChI=1S/C16H24N2O2S/c1-2-15-6-4-3-5-9-18(15)21(19,20)16-8-7-13-11-17-12-14(13)10-16/h7-8,10,15,17H,2-6,9,11-12H2,1H3. The molecule has 0 radical (unpaired) electrons. The van der Waals surface area contributed by atoms with Crippen molar-refractivity contribution >= 4 is 10.0 Å². The molecule has 0 bridgehead atoms. The normalized spacial score (nSPS) is 23.8. The van der Waals surface area contributed by atoms with Gasteiger partial charge >= 0.3 is 0 Å². The van der Waals surface area contributed by atoms with Crippen LogP contribution < -0.4 is 5.32 Å². The molecule has 2 aliphatic heterocycles. The topological polar surface area (TPSA) is 49.4 Å². The average Bonchev–Trinajstić information content (AvgIpc) is 2.81. The zero-order valence-corrected chi connectivity index (χ0v) is 13.5. The van der Waals surface area contributed by atoms with Gasteiger partial charge in [0, 0.05) is 25.7 Å². The van der Waals surface area contributed by atoms with Gasteiger partial charge in [-0.25, -0.2) is 8.42 Å². The Kier molecular flexibility index (Phi) is 4.33. The molecule has 1 saturated heterocycles. The van der Waals surface area contributed by atoms with E-state index < -0.39 is 10.0 Å². The van der Waals surface area contributed by atoms with E-state index in [0.29, 0.717) is 11.4 Å². The Balaban J connectivity index is 1.94. The molecule has 1 atom stereocenters. The maximum absolute atomic E-state index is 13.0. The molecule has 0 amide bonds. The molecule has 0 aromatic heterocycles. The van der Waals surface area contributed by atoms with Crippen molar-refractivity contribution in [1.29, 1.82) is 0 Å². The molecule has 2 heterocycles. The van der Waals surface area contributed by atoms with Crippen LogP contribution in [0.2, 0.25) is 0 Å². The van der Waals surface area contributed by atoms with Gasteiger partial charge in [0.15, 0.2) is 0 Å². The second-order valence-corrected chi connectivity index (χ2v) is 7.95. The van der Waals surface area contributed by atoms with Gasteiger partial charge in [-0.05, 0) is 42.5 Å². The summed E-state index contributed by atoms with van der Waals surface area (Å²) >= 11 is 0. The summed E-state index contributed by atoms with van der Waals surface area (Å²) in [5, 5.41) is 3.27. The van der Waals surface area contributed by atoms with Gasteiger partial charge in [0.25, 0.3) is 0 Å². The van der Waals surface area contributed by atoms with Crippen LogP contribution in [0.3, 0.4) is 0 Å². The van der Waals surface area contributed by atoms with Crippen LogP contribution in [0.5, 0.6) is 0 Å². The molecule has 5 heteroatoms. The summed E-state index contributed by atoms with van der Waals surface area (Å²) < 4.78 is 27.8. The first-order chi connectivity index (χ1) is 10.1. The number of hydrogen-bond acceptors (Lipinski definition) is 3. The van der Waals surface area contributed by atoms with E-state index in [0.717, 1.165) is 50.8 Å². The first kappa shape index (κ1) is 15.0. The fourth-order valence-corrected chi connectivity index (χ4v) is 5.26. The van der Waals surface area contributed by atoms with E-state index in [1.807, 2.05) is 12.1 Å². The van der Waals surface area contributed by atoms with Gasteiger partial charge in [0.05, 0.1) is 4.90 Å². The van der Waals surface area contributed by atoms with Crippen LogP contribution in [0.1, 0.15) is 50.2 Å². The molecular weight excluding hydrogens is 284 g/mol. The quantitative estimate of drug-likeness (QED) is 0.934. The molecule has 4 nitrogen and oxygen atoms in total. The summed E-state index contributed by atoms with van der Waals surface area (Å²) in [5.74, 6) is 0. The highest BCUT2D eigenvalue weighted by molar-refractivity contribution is 7.89. The number of fused-ring (bicyclic) bond motifs is 1. The van der Waals surface area contributed by atoms with Gasteiger partial charge < -0.3 is 5.32 Å². The molecule has 1 aromatic rings. The van der Waals surface area contributed by atoms with Crippen LogP contribution in [0, 0.1) is 0 Å². The first-order valence-corrected chi connectivity index (χ1v) is 9.41. The highest BCUT2D eigenvalue weighted by atomic mass is 32.2. The Morgan fingerprint density at radius 3 is 2.81 bits per heavy atom. The van der Waals surface area contributed by atoms with Crippen LogP contribution in [-0.4, -0.2) is 25.3 Å². The van der Waals surface area contributed by atoms with Gasteiger partial charge in [0.2, 0.25) is 10.0 Å². The molecule has 21 heavy (non-hydrogen) atoms. The zero-order valence-electron chi connectivity index (χ0n) is 12.6. The minimum absolute atomic E-state index is 0.156. The minimum atomic E-state index is -3.36. The summed E-state index contributed by atoms with van der Waals surface area (Å²) in [6, 6.07) is 5.76. The largest absolute Gasteiger partial charge is 0.309 e. The van der Waals surface area contributed by atoms with Crippen molar-refractivity contribution in [2.75, 3.05) is 6.54 Å². The minimum Gasteiger partial charge on any atom is -0.309 e. The average molecular weight is 308 g/mol. The van der Waals surface area contributed by atoms with Crippen molar-refractivity contribution < 1.29 is 8.42 Å². The van der Waals surface area contributed by atoms with E-state index in [9.17, 15) is 8.42 Å². The lowest BCUT2D eigenvalue weighted by atomic mass is 10.1. The summed E-state index contributed by atoms with van der Waals surface area (Å²) in [7, 11) is -3.36. The van der Waals surface area contributed by atoms with Crippen LogP contribution in [0.15, 0.2) is 23.1 Å². The molecule has 3 rings (SSSR count). The predicted molar refractivity (Wildman–Crippen MR) is 83.4 cm³/mol. The molecule has 1 unspecified atom stereocenters. The highest BCUT2D eigenvalue weighted by Crippen LogP contribution is 2.28. The van der Waals surface area contributed by atoms with Gasteiger partial charge in [-0.15, -0.1) is 0 Å². The van der Waals surface area contributed by atoms with E-state index in [1.165, 1.54) is 5.56 Å². The van der Waals surface area contributed by atoms with E-state index in [1.54, 1.807) is 10.4 Å². The smallest absolute Gasteiger partial charge is 0.243 e. The van der Waals surface area contributed by atoms with Gasteiger partial charge in [-0.3, -0.25) is 0 Å². The maximum atomic E-state index is 13.0. The second-order valence-electron chi connectivity index (χ2n) is 6.06. The van der Waals surface area contributed by atoms with Crippen molar-refractivity contribution in [1.82, 2.24) is 9.62 Å². The third-order valence-corrected chi connectivity index (χ3v) is 6.66. The molecule has 1 N–H and O–H groups in total. The number of nitrogens with one attached hydrogen (secondary N) is 1. The lowest BCUT2D eigenvalue weighted by Gasteiger charge is -2.28. The first-order valence-electron chi connectivity index (χ1n) is 7.97. The van der Waals surface area contributed by atoms with Gasteiger partial charge in [0.1, 0.15) is 0 Å². The Morgan fingerprint density at radius 1 is 1.19 bits per heavy atom. The van der Waals surface area contributed by atoms with Gasteiger partial charge in [-0.1, -0.05) is 25.8 Å². The number of benzene rings is 1. The van der Waals surface area contributed by atoms with Crippen LogP contribution >= 0.6 is 0 Å². The number of hydrogen-bond donors (Lipinski definition) is 1. The van der Waals surface area contributed by atoms with E-state index in [-0.39, 0.29) is 6.04 Å². The molecule has 1 aromatic carbocycles. The monoisotopic (exact) mass is 308 g/mol. The van der Waals surface area contributed by atoms with Crippen LogP contribution in [0.4, 0.5) is 0 Å². The number of rotatable bonds is 3. The van der Waals surface area contributed by atoms with E-state index in [4.69, 9.17) is 0 Å². The van der Waals surface area contributed by atoms with Crippen LogP contribution in [0.25, 0.3) is 0 Å². The molecular formula is C16H24N2O2S. The lowest BCUT2D eigenvalue weighted by Crippen LogP contribution is -2.39. The Hall–Kier alpha value is -0.910. The molecule has 0 spiro atoms. The summed E-state index contributed by atoms with van der Waals surface area (Å²) in [6.07, 6.45) is 5.13. The van der Waals surface area contributed by atoms with Crippen molar-refractivity contribution in [3.05, 3.63) is 29.3 Å². The maximum Gasteiger partial charge on any atom is 0.243 e. The van der Waals surface area contributed by atoms with E-state index >= 15 is 0 Å². The Morgan fingerprint density at radius 2 is 2.00 bits per heavy atom. The Bertz CT molecular complexity index is 613. The van der Waals surface area contributed by atoms with Crippen molar-refractivity contribution in [2.45, 2.75) is 63.1 Å². The lowest BCUT2D eigenvalue weighted by molar-refractivity contribution is 0.315. The predicted octanol–water partition coefficient (Wildman–Crippen LogP) is 2.63. The Labute approximate surface area is 127 Å². The molecule has 0 saturated carbocycles. The summed E-state index contributed by atoms with van der Waals surface area (Å²) in [4.78, 5) is 0.463.